The zero-order valence-corrected chi connectivity index (χ0v) is 12.3. The highest BCUT2D eigenvalue weighted by atomic mass is 35.5. The summed E-state index contributed by atoms with van der Waals surface area (Å²) in [6.07, 6.45) is 3.00. The van der Waals surface area contributed by atoms with Gasteiger partial charge in [0.1, 0.15) is 5.76 Å². The van der Waals surface area contributed by atoms with Crippen molar-refractivity contribution in [3.63, 3.8) is 0 Å². The van der Waals surface area contributed by atoms with E-state index in [9.17, 15) is 4.79 Å². The fraction of sp³-hybridized carbons (Fsp3) is 0.143. The van der Waals surface area contributed by atoms with Crippen molar-refractivity contribution in [2.75, 3.05) is 0 Å². The SMILES string of the molecule is C[C@H](Sc1ccc(Cl)cc1)C(=O)N/N=C\c1ccco1. The minimum absolute atomic E-state index is 0.173. The number of rotatable bonds is 5. The van der Waals surface area contributed by atoms with E-state index >= 15 is 0 Å². The zero-order chi connectivity index (χ0) is 14.4. The Hall–Kier alpha value is -1.72. The smallest absolute Gasteiger partial charge is 0.253 e. The van der Waals surface area contributed by atoms with Crippen LogP contribution in [-0.4, -0.2) is 17.4 Å². The van der Waals surface area contributed by atoms with Gasteiger partial charge in [0.2, 0.25) is 0 Å². The lowest BCUT2D eigenvalue weighted by molar-refractivity contribution is -0.120. The molecule has 1 atom stereocenters. The van der Waals surface area contributed by atoms with Gasteiger partial charge in [0.15, 0.2) is 0 Å². The van der Waals surface area contributed by atoms with Crippen LogP contribution in [0.4, 0.5) is 0 Å². The summed E-state index contributed by atoms with van der Waals surface area (Å²) >= 11 is 7.25. The molecule has 0 unspecified atom stereocenters. The topological polar surface area (TPSA) is 54.6 Å². The van der Waals surface area contributed by atoms with Crippen molar-refractivity contribution >= 4 is 35.5 Å². The molecule has 6 heteroatoms. The third kappa shape index (κ3) is 4.43. The Morgan fingerprint density at radius 3 is 2.80 bits per heavy atom. The molecule has 0 fully saturated rings. The van der Waals surface area contributed by atoms with Gasteiger partial charge in [0.25, 0.3) is 5.91 Å². The number of thioether (sulfide) groups is 1. The minimum Gasteiger partial charge on any atom is -0.463 e. The van der Waals surface area contributed by atoms with Gasteiger partial charge in [-0.1, -0.05) is 11.6 Å². The lowest BCUT2D eigenvalue weighted by atomic mass is 10.4. The highest BCUT2D eigenvalue weighted by molar-refractivity contribution is 8.00. The Bertz CT molecular complexity index is 582. The average Bonchev–Trinajstić information content (AvgIpc) is 2.94. The van der Waals surface area contributed by atoms with Crippen LogP contribution in [-0.2, 0) is 4.79 Å². The van der Waals surface area contributed by atoms with Gasteiger partial charge in [0, 0.05) is 9.92 Å². The standard InChI is InChI=1S/C14H13ClN2O2S/c1-10(20-13-6-4-11(15)5-7-13)14(18)17-16-9-12-3-2-8-19-12/h2-10H,1H3,(H,17,18)/b16-9-/t10-/m0/s1. The average molecular weight is 309 g/mol. The van der Waals surface area contributed by atoms with Crippen molar-refractivity contribution in [1.29, 1.82) is 0 Å². The molecule has 0 saturated heterocycles. The van der Waals surface area contributed by atoms with Crippen molar-refractivity contribution in [3.8, 4) is 0 Å². The predicted molar refractivity (Wildman–Crippen MR) is 81.2 cm³/mol. The lowest BCUT2D eigenvalue weighted by Gasteiger charge is -2.09. The van der Waals surface area contributed by atoms with E-state index in [1.165, 1.54) is 18.0 Å². The van der Waals surface area contributed by atoms with Gasteiger partial charge < -0.3 is 4.42 Å². The Morgan fingerprint density at radius 2 is 2.15 bits per heavy atom. The highest BCUT2D eigenvalue weighted by Crippen LogP contribution is 2.24. The molecule has 0 aliphatic rings. The van der Waals surface area contributed by atoms with Crippen LogP contribution < -0.4 is 5.43 Å². The molecule has 1 aromatic heterocycles. The molecule has 2 rings (SSSR count). The minimum atomic E-state index is -0.259. The number of nitrogens with one attached hydrogen (secondary N) is 1. The van der Waals surface area contributed by atoms with Gasteiger partial charge >= 0.3 is 0 Å². The molecule has 20 heavy (non-hydrogen) atoms. The van der Waals surface area contributed by atoms with E-state index in [0.29, 0.717) is 10.8 Å². The second-order valence-electron chi connectivity index (χ2n) is 3.96. The van der Waals surface area contributed by atoms with Gasteiger partial charge in [-0.05, 0) is 43.3 Å². The summed E-state index contributed by atoms with van der Waals surface area (Å²) in [7, 11) is 0. The van der Waals surface area contributed by atoms with Crippen LogP contribution in [0.2, 0.25) is 5.02 Å². The van der Waals surface area contributed by atoms with E-state index < -0.39 is 0 Å². The van der Waals surface area contributed by atoms with Crippen LogP contribution in [0.25, 0.3) is 0 Å². The van der Waals surface area contributed by atoms with E-state index in [2.05, 4.69) is 10.5 Å². The Balaban J connectivity index is 1.84. The molecule has 0 spiro atoms. The van der Waals surface area contributed by atoms with Crippen LogP contribution in [0.15, 0.2) is 57.1 Å². The number of benzene rings is 1. The molecule has 0 saturated carbocycles. The van der Waals surface area contributed by atoms with E-state index in [1.807, 2.05) is 19.1 Å². The highest BCUT2D eigenvalue weighted by Gasteiger charge is 2.13. The number of nitrogens with zero attached hydrogens (tertiary/aromatic N) is 1. The van der Waals surface area contributed by atoms with Crippen LogP contribution in [0.5, 0.6) is 0 Å². The van der Waals surface area contributed by atoms with Crippen LogP contribution >= 0.6 is 23.4 Å². The number of amides is 1. The van der Waals surface area contributed by atoms with Crippen molar-refractivity contribution in [2.45, 2.75) is 17.1 Å². The first-order valence-electron chi connectivity index (χ1n) is 5.94. The van der Waals surface area contributed by atoms with Crippen molar-refractivity contribution < 1.29 is 9.21 Å². The molecule has 0 aliphatic heterocycles. The third-order valence-corrected chi connectivity index (χ3v) is 3.77. The van der Waals surface area contributed by atoms with Gasteiger partial charge in [0.05, 0.1) is 17.7 Å². The van der Waals surface area contributed by atoms with Gasteiger partial charge in [-0.15, -0.1) is 11.8 Å². The van der Waals surface area contributed by atoms with E-state index in [4.69, 9.17) is 16.0 Å². The normalized spacial score (nSPS) is 12.5. The molecule has 1 N–H and O–H groups in total. The predicted octanol–water partition coefficient (Wildman–Crippen LogP) is 3.56. The Morgan fingerprint density at radius 1 is 1.40 bits per heavy atom. The summed E-state index contributed by atoms with van der Waals surface area (Å²) in [5, 5.41) is 4.25. The monoisotopic (exact) mass is 308 g/mol. The molecule has 0 bridgehead atoms. The molecule has 4 nitrogen and oxygen atoms in total. The van der Waals surface area contributed by atoms with Gasteiger partial charge in [-0.25, -0.2) is 5.43 Å². The van der Waals surface area contributed by atoms with Crippen molar-refractivity contribution in [2.24, 2.45) is 5.10 Å². The quantitative estimate of drug-likeness (QED) is 0.522. The molecular formula is C14H13ClN2O2S. The van der Waals surface area contributed by atoms with Crippen LogP contribution in [0, 0.1) is 0 Å². The number of hydrogen-bond acceptors (Lipinski definition) is 4. The third-order valence-electron chi connectivity index (χ3n) is 2.41. The first-order chi connectivity index (χ1) is 9.65. The second-order valence-corrected chi connectivity index (χ2v) is 5.81. The van der Waals surface area contributed by atoms with Crippen LogP contribution in [0.3, 0.4) is 0 Å². The number of carbonyl (C=O) groups excluding carboxylic acids is 1. The van der Waals surface area contributed by atoms with E-state index in [1.54, 1.807) is 30.5 Å². The Kier molecular flexibility index (Phi) is 5.26. The fourth-order valence-corrected chi connectivity index (χ4v) is 2.37. The molecule has 1 heterocycles. The first-order valence-corrected chi connectivity index (χ1v) is 7.19. The molecule has 0 aliphatic carbocycles. The lowest BCUT2D eigenvalue weighted by Crippen LogP contribution is -2.26. The van der Waals surface area contributed by atoms with E-state index in [0.717, 1.165) is 4.90 Å². The largest absolute Gasteiger partial charge is 0.463 e. The summed E-state index contributed by atoms with van der Waals surface area (Å²) in [6.45, 7) is 1.82. The molecule has 0 radical (unpaired) electrons. The second kappa shape index (κ2) is 7.17. The maximum absolute atomic E-state index is 11.8. The number of hydrazone groups is 1. The number of hydrogen-bond donors (Lipinski definition) is 1. The zero-order valence-electron chi connectivity index (χ0n) is 10.7. The first kappa shape index (κ1) is 14.7. The summed E-state index contributed by atoms with van der Waals surface area (Å²) < 4.78 is 5.06. The van der Waals surface area contributed by atoms with Gasteiger partial charge in [-0.2, -0.15) is 5.10 Å². The summed E-state index contributed by atoms with van der Waals surface area (Å²) in [5.41, 5.74) is 2.48. The Labute approximate surface area is 126 Å². The van der Waals surface area contributed by atoms with Crippen molar-refractivity contribution in [3.05, 3.63) is 53.4 Å². The molecular weight excluding hydrogens is 296 g/mol. The number of halogens is 1. The van der Waals surface area contributed by atoms with Crippen LogP contribution in [0.1, 0.15) is 12.7 Å². The van der Waals surface area contributed by atoms with Gasteiger partial charge in [-0.3, -0.25) is 4.79 Å². The molecule has 1 aromatic carbocycles. The molecule has 1 amide bonds. The summed E-state index contributed by atoms with van der Waals surface area (Å²) in [6, 6.07) is 10.8. The maximum Gasteiger partial charge on any atom is 0.253 e. The molecule has 104 valence electrons. The number of furan rings is 1. The van der Waals surface area contributed by atoms with Crippen molar-refractivity contribution in [1.82, 2.24) is 5.43 Å². The summed E-state index contributed by atoms with van der Waals surface area (Å²) in [5.74, 6) is 0.413. The summed E-state index contributed by atoms with van der Waals surface area (Å²) in [4.78, 5) is 12.8. The molecule has 2 aromatic rings. The van der Waals surface area contributed by atoms with E-state index in [-0.39, 0.29) is 11.2 Å². The fourth-order valence-electron chi connectivity index (χ4n) is 1.39. The maximum atomic E-state index is 11.8. The number of carbonyl (C=O) groups is 1.